The van der Waals surface area contributed by atoms with Crippen molar-refractivity contribution < 1.29 is 0 Å². The molecule has 0 aliphatic rings. The summed E-state index contributed by atoms with van der Waals surface area (Å²) in [5.41, 5.74) is 2.52. The first-order chi connectivity index (χ1) is 8.28. The van der Waals surface area contributed by atoms with Crippen molar-refractivity contribution in [1.29, 1.82) is 5.26 Å². The number of benzene rings is 2. The molecule has 80 valence electrons. The third-order valence-electron chi connectivity index (χ3n) is 2.19. The topological polar surface area (TPSA) is 23.8 Å². The van der Waals surface area contributed by atoms with Crippen molar-refractivity contribution in [2.45, 2.75) is 0 Å². The van der Waals surface area contributed by atoms with Gasteiger partial charge in [-0.15, -0.1) is 0 Å². The summed E-state index contributed by atoms with van der Waals surface area (Å²) in [5, 5.41) is 8.68. The van der Waals surface area contributed by atoms with Crippen molar-refractivity contribution in [3.05, 3.63) is 69.7 Å². The van der Waals surface area contributed by atoms with E-state index in [1.54, 1.807) is 12.1 Å². The molecule has 0 heterocycles. The fraction of sp³-hybridized carbons (Fsp3) is 0. The van der Waals surface area contributed by atoms with Crippen LogP contribution >= 0.6 is 15.9 Å². The molecule has 0 aliphatic carbocycles. The van der Waals surface area contributed by atoms with Gasteiger partial charge in [-0.1, -0.05) is 33.8 Å². The van der Waals surface area contributed by atoms with Gasteiger partial charge in [0.15, 0.2) is 0 Å². The van der Waals surface area contributed by atoms with Gasteiger partial charge in [0.2, 0.25) is 0 Å². The molecule has 0 amide bonds. The molecule has 0 aromatic heterocycles. The number of halogens is 1. The Labute approximate surface area is 109 Å². The molecule has 0 fully saturated rings. The Bertz CT molecular complexity index is 624. The Hall–Kier alpha value is -2.03. The lowest BCUT2D eigenvalue weighted by molar-refractivity contribution is 1.48. The molecule has 2 aromatic rings. The van der Waals surface area contributed by atoms with E-state index in [1.165, 1.54) is 0 Å². The molecule has 17 heavy (non-hydrogen) atoms. The first-order valence-corrected chi connectivity index (χ1v) is 5.85. The van der Waals surface area contributed by atoms with Crippen LogP contribution in [0.25, 0.3) is 0 Å². The summed E-state index contributed by atoms with van der Waals surface area (Å²) in [5.74, 6) is 6.14. The molecule has 2 heteroatoms. The molecule has 0 unspecified atom stereocenters. The number of nitriles is 1. The Morgan fingerprint density at radius 2 is 1.47 bits per heavy atom. The highest BCUT2D eigenvalue weighted by atomic mass is 79.9. The average Bonchev–Trinajstić information content (AvgIpc) is 2.37. The van der Waals surface area contributed by atoms with Crippen molar-refractivity contribution in [2.75, 3.05) is 0 Å². The van der Waals surface area contributed by atoms with E-state index in [0.717, 1.165) is 15.6 Å². The standard InChI is InChI=1S/C15H8BrN/c16-15-3-1-2-13(10-15)7-4-12-5-8-14(11-17)9-6-12/h1-3,5-6,8-10H. The van der Waals surface area contributed by atoms with Crippen molar-refractivity contribution >= 4 is 15.9 Å². The third-order valence-corrected chi connectivity index (χ3v) is 2.68. The summed E-state index contributed by atoms with van der Waals surface area (Å²) in [4.78, 5) is 0. The number of hydrogen-bond acceptors (Lipinski definition) is 1. The second-order valence-electron chi connectivity index (χ2n) is 3.45. The number of nitrogens with zero attached hydrogens (tertiary/aromatic N) is 1. The Morgan fingerprint density at radius 1 is 0.824 bits per heavy atom. The average molecular weight is 282 g/mol. The zero-order valence-corrected chi connectivity index (χ0v) is 10.5. The van der Waals surface area contributed by atoms with Gasteiger partial charge in [-0.25, -0.2) is 0 Å². The maximum Gasteiger partial charge on any atom is 0.0991 e. The van der Waals surface area contributed by atoms with E-state index in [0.29, 0.717) is 5.56 Å². The van der Waals surface area contributed by atoms with E-state index < -0.39 is 0 Å². The lowest BCUT2D eigenvalue weighted by Gasteiger charge is -1.92. The molecule has 2 aromatic carbocycles. The lowest BCUT2D eigenvalue weighted by atomic mass is 10.1. The molecule has 0 radical (unpaired) electrons. The van der Waals surface area contributed by atoms with E-state index in [1.807, 2.05) is 36.4 Å². The van der Waals surface area contributed by atoms with Crippen LogP contribution in [0.4, 0.5) is 0 Å². The van der Waals surface area contributed by atoms with Gasteiger partial charge >= 0.3 is 0 Å². The van der Waals surface area contributed by atoms with Gasteiger partial charge < -0.3 is 0 Å². The molecule has 0 saturated heterocycles. The largest absolute Gasteiger partial charge is 0.192 e. The molecule has 0 atom stereocenters. The first-order valence-electron chi connectivity index (χ1n) is 5.06. The zero-order valence-electron chi connectivity index (χ0n) is 8.94. The van der Waals surface area contributed by atoms with Crippen LogP contribution in [0.2, 0.25) is 0 Å². The molecular weight excluding hydrogens is 274 g/mol. The fourth-order valence-corrected chi connectivity index (χ4v) is 1.74. The van der Waals surface area contributed by atoms with E-state index in [9.17, 15) is 0 Å². The highest BCUT2D eigenvalue weighted by Gasteiger charge is 1.90. The predicted octanol–water partition coefficient (Wildman–Crippen LogP) is 3.72. The van der Waals surface area contributed by atoms with Gasteiger partial charge in [-0.05, 0) is 42.5 Å². The summed E-state index contributed by atoms with van der Waals surface area (Å²) in [6.45, 7) is 0. The van der Waals surface area contributed by atoms with Crippen LogP contribution in [-0.2, 0) is 0 Å². The monoisotopic (exact) mass is 281 g/mol. The van der Waals surface area contributed by atoms with Crippen molar-refractivity contribution in [1.82, 2.24) is 0 Å². The minimum atomic E-state index is 0.651. The maximum absolute atomic E-state index is 8.68. The molecule has 0 aliphatic heterocycles. The van der Waals surface area contributed by atoms with Crippen LogP contribution in [0.1, 0.15) is 16.7 Å². The minimum absolute atomic E-state index is 0.651. The van der Waals surface area contributed by atoms with Crippen LogP contribution in [0.3, 0.4) is 0 Å². The van der Waals surface area contributed by atoms with Crippen molar-refractivity contribution in [3.8, 4) is 17.9 Å². The molecule has 0 bridgehead atoms. The summed E-state index contributed by atoms with van der Waals surface area (Å²) in [7, 11) is 0. The first kappa shape index (κ1) is 11.5. The summed E-state index contributed by atoms with van der Waals surface area (Å²) >= 11 is 3.40. The molecule has 0 saturated carbocycles. The summed E-state index contributed by atoms with van der Waals surface area (Å²) in [6.07, 6.45) is 0. The molecule has 0 N–H and O–H groups in total. The maximum atomic E-state index is 8.68. The predicted molar refractivity (Wildman–Crippen MR) is 71.3 cm³/mol. The van der Waals surface area contributed by atoms with Crippen LogP contribution in [0.15, 0.2) is 53.0 Å². The third kappa shape index (κ3) is 3.21. The normalized spacial score (nSPS) is 8.94. The van der Waals surface area contributed by atoms with E-state index in [2.05, 4.69) is 33.8 Å². The highest BCUT2D eigenvalue weighted by Crippen LogP contribution is 2.10. The van der Waals surface area contributed by atoms with Gasteiger partial charge in [-0.2, -0.15) is 5.26 Å². The van der Waals surface area contributed by atoms with Crippen LogP contribution in [0, 0.1) is 23.2 Å². The van der Waals surface area contributed by atoms with Gasteiger partial charge in [0, 0.05) is 15.6 Å². The van der Waals surface area contributed by atoms with Gasteiger partial charge in [-0.3, -0.25) is 0 Å². The molecule has 0 spiro atoms. The molecule has 1 nitrogen and oxygen atoms in total. The van der Waals surface area contributed by atoms with E-state index in [4.69, 9.17) is 5.26 Å². The molecule has 2 rings (SSSR count). The minimum Gasteiger partial charge on any atom is -0.192 e. The Balaban J connectivity index is 2.24. The number of rotatable bonds is 0. The summed E-state index contributed by atoms with van der Waals surface area (Å²) < 4.78 is 1.02. The fourth-order valence-electron chi connectivity index (χ4n) is 1.34. The zero-order chi connectivity index (χ0) is 12.1. The second-order valence-corrected chi connectivity index (χ2v) is 4.37. The van der Waals surface area contributed by atoms with Gasteiger partial charge in [0.1, 0.15) is 0 Å². The van der Waals surface area contributed by atoms with E-state index in [-0.39, 0.29) is 0 Å². The van der Waals surface area contributed by atoms with Crippen molar-refractivity contribution in [3.63, 3.8) is 0 Å². The summed E-state index contributed by atoms with van der Waals surface area (Å²) in [6, 6.07) is 17.2. The quantitative estimate of drug-likeness (QED) is 0.675. The van der Waals surface area contributed by atoms with Crippen LogP contribution < -0.4 is 0 Å². The van der Waals surface area contributed by atoms with Gasteiger partial charge in [0.25, 0.3) is 0 Å². The Morgan fingerprint density at radius 3 is 2.12 bits per heavy atom. The Kier molecular flexibility index (Phi) is 3.60. The van der Waals surface area contributed by atoms with Gasteiger partial charge in [0.05, 0.1) is 11.6 Å². The smallest absolute Gasteiger partial charge is 0.0991 e. The second kappa shape index (κ2) is 5.34. The SMILES string of the molecule is N#Cc1ccc(C#Cc2cccc(Br)c2)cc1. The van der Waals surface area contributed by atoms with E-state index >= 15 is 0 Å². The van der Waals surface area contributed by atoms with Crippen LogP contribution in [0.5, 0.6) is 0 Å². The molecular formula is C15H8BrN. The van der Waals surface area contributed by atoms with Crippen LogP contribution in [-0.4, -0.2) is 0 Å². The van der Waals surface area contributed by atoms with Crippen molar-refractivity contribution in [2.24, 2.45) is 0 Å². The number of hydrogen-bond donors (Lipinski definition) is 0. The highest BCUT2D eigenvalue weighted by molar-refractivity contribution is 9.10. The lowest BCUT2D eigenvalue weighted by Crippen LogP contribution is -1.77.